The Balaban J connectivity index is 1.77. The number of rotatable bonds is 4. The zero-order chi connectivity index (χ0) is 17.5. The lowest BCUT2D eigenvalue weighted by Gasteiger charge is -2.34. The van der Waals surface area contributed by atoms with Gasteiger partial charge in [-0.25, -0.2) is 4.79 Å². The van der Waals surface area contributed by atoms with Gasteiger partial charge in [-0.3, -0.25) is 14.9 Å². The number of likely N-dealkylation sites (tertiary alicyclic amines) is 1. The van der Waals surface area contributed by atoms with Gasteiger partial charge >= 0.3 is 6.03 Å². The Hall–Kier alpha value is -2.37. The van der Waals surface area contributed by atoms with Gasteiger partial charge in [0.2, 0.25) is 11.8 Å². The van der Waals surface area contributed by atoms with Crippen LogP contribution in [0.2, 0.25) is 0 Å². The van der Waals surface area contributed by atoms with Crippen LogP contribution in [0.1, 0.15) is 38.2 Å². The number of imide groups is 1. The molecule has 0 aliphatic carbocycles. The lowest BCUT2D eigenvalue weighted by atomic mass is 9.89. The summed E-state index contributed by atoms with van der Waals surface area (Å²) in [6.07, 6.45) is 1.92. The lowest BCUT2D eigenvalue weighted by Crippen LogP contribution is -2.46. The Labute approximate surface area is 142 Å². The summed E-state index contributed by atoms with van der Waals surface area (Å²) in [5.41, 5.74) is 1.33. The van der Waals surface area contributed by atoms with E-state index >= 15 is 0 Å². The first-order valence-corrected chi connectivity index (χ1v) is 8.36. The van der Waals surface area contributed by atoms with Gasteiger partial charge in [-0.15, -0.1) is 0 Å². The van der Waals surface area contributed by atoms with Crippen molar-refractivity contribution in [2.75, 3.05) is 19.6 Å². The standard InChI is InChI=1S/C18H25N3O3/c1-13(12-19-18(24)20-14(2)22)17(23)21-10-8-16(9-11-21)15-6-4-3-5-7-15/h3-7,13,16H,8-12H2,1-2H3,(H2,19,20,22,24). The van der Waals surface area contributed by atoms with Crippen LogP contribution >= 0.6 is 0 Å². The third-order valence-corrected chi connectivity index (χ3v) is 4.36. The Bertz CT molecular complexity index is 580. The maximum Gasteiger partial charge on any atom is 0.321 e. The number of nitrogens with zero attached hydrogens (tertiary/aromatic N) is 1. The van der Waals surface area contributed by atoms with Crippen LogP contribution in [-0.4, -0.2) is 42.4 Å². The highest BCUT2D eigenvalue weighted by Crippen LogP contribution is 2.28. The summed E-state index contributed by atoms with van der Waals surface area (Å²) in [7, 11) is 0. The minimum Gasteiger partial charge on any atom is -0.342 e. The highest BCUT2D eigenvalue weighted by molar-refractivity contribution is 5.93. The van der Waals surface area contributed by atoms with Crippen molar-refractivity contribution in [3.63, 3.8) is 0 Å². The Morgan fingerprint density at radius 1 is 1.17 bits per heavy atom. The van der Waals surface area contributed by atoms with Crippen molar-refractivity contribution in [1.29, 1.82) is 0 Å². The topological polar surface area (TPSA) is 78.5 Å². The summed E-state index contributed by atoms with van der Waals surface area (Å²) in [5.74, 6) is -0.180. The summed E-state index contributed by atoms with van der Waals surface area (Å²) in [4.78, 5) is 36.5. The van der Waals surface area contributed by atoms with Crippen molar-refractivity contribution < 1.29 is 14.4 Å². The SMILES string of the molecule is CC(=O)NC(=O)NCC(C)C(=O)N1CCC(c2ccccc2)CC1. The predicted octanol–water partition coefficient (Wildman–Crippen LogP) is 1.87. The maximum absolute atomic E-state index is 12.5. The number of carbonyl (C=O) groups is 3. The van der Waals surface area contributed by atoms with Gasteiger partial charge in [-0.1, -0.05) is 37.3 Å². The van der Waals surface area contributed by atoms with Gasteiger partial charge < -0.3 is 10.2 Å². The molecule has 2 N–H and O–H groups in total. The minimum atomic E-state index is -0.565. The highest BCUT2D eigenvalue weighted by atomic mass is 16.2. The fourth-order valence-electron chi connectivity index (χ4n) is 3.01. The molecule has 6 nitrogen and oxygen atoms in total. The van der Waals surface area contributed by atoms with E-state index in [-0.39, 0.29) is 18.4 Å². The summed E-state index contributed by atoms with van der Waals surface area (Å²) in [5, 5.41) is 4.68. The molecule has 1 unspecified atom stereocenters. The number of piperidine rings is 1. The van der Waals surface area contributed by atoms with Gasteiger partial charge in [0.1, 0.15) is 0 Å². The molecule has 2 rings (SSSR count). The summed E-state index contributed by atoms with van der Waals surface area (Å²) < 4.78 is 0. The quantitative estimate of drug-likeness (QED) is 0.884. The highest BCUT2D eigenvalue weighted by Gasteiger charge is 2.26. The number of hydrogen-bond acceptors (Lipinski definition) is 3. The first-order chi connectivity index (χ1) is 11.5. The summed E-state index contributed by atoms with van der Waals surface area (Å²) >= 11 is 0. The molecule has 1 aliphatic heterocycles. The molecule has 1 atom stereocenters. The average molecular weight is 331 g/mol. The van der Waals surface area contributed by atoms with E-state index in [1.54, 1.807) is 6.92 Å². The molecule has 24 heavy (non-hydrogen) atoms. The second-order valence-corrected chi connectivity index (χ2v) is 6.30. The molecule has 1 aliphatic rings. The molecule has 1 heterocycles. The molecule has 4 amide bonds. The van der Waals surface area contributed by atoms with Gasteiger partial charge in [0.25, 0.3) is 0 Å². The van der Waals surface area contributed by atoms with Gasteiger partial charge in [0, 0.05) is 26.6 Å². The molecule has 6 heteroatoms. The minimum absolute atomic E-state index is 0.0460. The van der Waals surface area contributed by atoms with Crippen LogP contribution in [0.15, 0.2) is 30.3 Å². The number of amides is 4. The monoisotopic (exact) mass is 331 g/mol. The van der Waals surface area contributed by atoms with Crippen molar-refractivity contribution in [1.82, 2.24) is 15.5 Å². The fourth-order valence-corrected chi connectivity index (χ4v) is 3.01. The first kappa shape index (κ1) is 18.0. The van der Waals surface area contributed by atoms with Gasteiger partial charge in [-0.2, -0.15) is 0 Å². The van der Waals surface area contributed by atoms with Crippen molar-refractivity contribution in [2.45, 2.75) is 32.6 Å². The predicted molar refractivity (Wildman–Crippen MR) is 91.4 cm³/mol. The lowest BCUT2D eigenvalue weighted by molar-refractivity contribution is -0.135. The van der Waals surface area contributed by atoms with Gasteiger partial charge in [-0.05, 0) is 24.3 Å². The zero-order valence-corrected chi connectivity index (χ0v) is 14.2. The van der Waals surface area contributed by atoms with Crippen LogP contribution < -0.4 is 10.6 Å². The van der Waals surface area contributed by atoms with Crippen molar-refractivity contribution >= 4 is 17.8 Å². The Morgan fingerprint density at radius 3 is 2.38 bits per heavy atom. The second kappa shape index (κ2) is 8.47. The zero-order valence-electron chi connectivity index (χ0n) is 14.2. The van der Waals surface area contributed by atoms with E-state index in [1.165, 1.54) is 12.5 Å². The van der Waals surface area contributed by atoms with E-state index in [9.17, 15) is 14.4 Å². The molecule has 0 bridgehead atoms. The van der Waals surface area contributed by atoms with E-state index < -0.39 is 11.9 Å². The van der Waals surface area contributed by atoms with Crippen LogP contribution in [0, 0.1) is 5.92 Å². The molecule has 1 fully saturated rings. The number of hydrogen-bond donors (Lipinski definition) is 2. The number of urea groups is 1. The van der Waals surface area contributed by atoms with E-state index in [1.807, 2.05) is 23.1 Å². The van der Waals surface area contributed by atoms with E-state index in [0.29, 0.717) is 5.92 Å². The Kier molecular flexibility index (Phi) is 6.35. The molecule has 1 aromatic rings. The third kappa shape index (κ3) is 5.08. The van der Waals surface area contributed by atoms with E-state index in [2.05, 4.69) is 22.8 Å². The molecule has 0 radical (unpaired) electrons. The smallest absolute Gasteiger partial charge is 0.321 e. The molecule has 0 saturated carbocycles. The molecular formula is C18H25N3O3. The number of benzene rings is 1. The molecule has 1 aromatic carbocycles. The largest absolute Gasteiger partial charge is 0.342 e. The fraction of sp³-hybridized carbons (Fsp3) is 0.500. The van der Waals surface area contributed by atoms with E-state index in [4.69, 9.17) is 0 Å². The van der Waals surface area contributed by atoms with Crippen LogP contribution in [0.4, 0.5) is 4.79 Å². The molecule has 0 aromatic heterocycles. The third-order valence-electron chi connectivity index (χ3n) is 4.36. The number of carbonyl (C=O) groups excluding carboxylic acids is 3. The van der Waals surface area contributed by atoms with Crippen LogP contribution in [-0.2, 0) is 9.59 Å². The average Bonchev–Trinajstić information content (AvgIpc) is 2.59. The molecular weight excluding hydrogens is 306 g/mol. The van der Waals surface area contributed by atoms with Crippen molar-refractivity contribution in [2.24, 2.45) is 5.92 Å². The van der Waals surface area contributed by atoms with Crippen LogP contribution in [0.25, 0.3) is 0 Å². The Morgan fingerprint density at radius 2 is 1.79 bits per heavy atom. The molecule has 1 saturated heterocycles. The second-order valence-electron chi connectivity index (χ2n) is 6.30. The molecule has 0 spiro atoms. The normalized spacial score (nSPS) is 16.3. The molecule has 130 valence electrons. The van der Waals surface area contributed by atoms with Crippen LogP contribution in [0.5, 0.6) is 0 Å². The number of nitrogens with one attached hydrogen (secondary N) is 2. The maximum atomic E-state index is 12.5. The van der Waals surface area contributed by atoms with Crippen LogP contribution in [0.3, 0.4) is 0 Å². The first-order valence-electron chi connectivity index (χ1n) is 8.36. The van der Waals surface area contributed by atoms with Gasteiger partial charge in [0.15, 0.2) is 0 Å². The van der Waals surface area contributed by atoms with Crippen molar-refractivity contribution in [3.05, 3.63) is 35.9 Å². The summed E-state index contributed by atoms with van der Waals surface area (Å²) in [6.45, 7) is 4.76. The summed E-state index contributed by atoms with van der Waals surface area (Å²) in [6, 6.07) is 9.83. The van der Waals surface area contributed by atoms with E-state index in [0.717, 1.165) is 25.9 Å². The van der Waals surface area contributed by atoms with Crippen molar-refractivity contribution in [3.8, 4) is 0 Å². The van der Waals surface area contributed by atoms with Gasteiger partial charge in [0.05, 0.1) is 5.92 Å².